The molecule has 3 rings (SSSR count). The molecule has 0 saturated carbocycles. The van der Waals surface area contributed by atoms with Crippen molar-refractivity contribution in [2.45, 2.75) is 20.8 Å². The van der Waals surface area contributed by atoms with Gasteiger partial charge in [0.1, 0.15) is 0 Å². The highest BCUT2D eigenvalue weighted by Gasteiger charge is 2.23. The molecule has 0 saturated heterocycles. The molecule has 0 aliphatic heterocycles. The Balaban J connectivity index is 1.89. The maximum atomic E-state index is 12.8. The molecule has 3 heteroatoms. The Morgan fingerprint density at radius 3 is 1.96 bits per heavy atom. The lowest BCUT2D eigenvalue weighted by atomic mass is 9.93. The molecule has 1 unspecified atom stereocenters. The van der Waals surface area contributed by atoms with Crippen LogP contribution in [0.1, 0.15) is 32.6 Å². The maximum absolute atomic E-state index is 12.8. The van der Waals surface area contributed by atoms with E-state index < -0.39 is 7.80 Å². The molecule has 0 bridgehead atoms. The number of carbonyl (C=O) groups is 1. The predicted molar refractivity (Wildman–Crippen MR) is 104 cm³/mol. The van der Waals surface area contributed by atoms with Gasteiger partial charge < -0.3 is 0 Å². The molecule has 1 atom stereocenters. The summed E-state index contributed by atoms with van der Waals surface area (Å²) in [6, 6.07) is 20.4. The van der Waals surface area contributed by atoms with E-state index in [4.69, 9.17) is 0 Å². The first kappa shape index (κ1) is 17.3. The van der Waals surface area contributed by atoms with Gasteiger partial charge in [-0.1, -0.05) is 34.9 Å². The van der Waals surface area contributed by atoms with Crippen molar-refractivity contribution in [2.75, 3.05) is 0 Å². The smallest absolute Gasteiger partial charge is 0.289 e. The summed E-state index contributed by atoms with van der Waals surface area (Å²) in [5.41, 5.74) is 4.69. The Morgan fingerprint density at radius 2 is 1.32 bits per heavy atom. The molecule has 0 aliphatic carbocycles. The van der Waals surface area contributed by atoms with Crippen LogP contribution in [-0.2, 0) is 4.57 Å². The van der Waals surface area contributed by atoms with Gasteiger partial charge in [0.15, 0.2) is 16.4 Å². The van der Waals surface area contributed by atoms with Crippen molar-refractivity contribution in [3.8, 4) is 0 Å². The second-order valence-electron chi connectivity index (χ2n) is 6.19. The van der Waals surface area contributed by atoms with Crippen LogP contribution < -0.4 is 10.6 Å². The van der Waals surface area contributed by atoms with Crippen LogP contribution in [0.5, 0.6) is 0 Å². The van der Waals surface area contributed by atoms with Crippen molar-refractivity contribution < 1.29 is 9.36 Å². The third-order valence-electron chi connectivity index (χ3n) is 4.66. The largest absolute Gasteiger partial charge is 0.415 e. The third-order valence-corrected chi connectivity index (χ3v) is 6.19. The summed E-state index contributed by atoms with van der Waals surface area (Å²) in [6.07, 6.45) is 0. The molecule has 124 valence electrons. The second-order valence-corrected chi connectivity index (χ2v) is 7.81. The Kier molecular flexibility index (Phi) is 4.92. The average molecular weight is 347 g/mol. The molecule has 0 amide bonds. The second kappa shape index (κ2) is 7.13. The van der Waals surface area contributed by atoms with Crippen LogP contribution in [-0.4, -0.2) is 5.78 Å². The van der Waals surface area contributed by atoms with Gasteiger partial charge in [-0.25, -0.2) is 0 Å². The monoisotopic (exact) mass is 347 g/mol. The molecule has 3 aromatic carbocycles. The first-order valence-corrected chi connectivity index (χ1v) is 9.49. The van der Waals surface area contributed by atoms with Gasteiger partial charge in [0.05, 0.1) is 0 Å². The van der Waals surface area contributed by atoms with Crippen molar-refractivity contribution in [3.63, 3.8) is 0 Å². The lowest BCUT2D eigenvalue weighted by Crippen LogP contribution is -2.09. The van der Waals surface area contributed by atoms with Crippen LogP contribution in [0.25, 0.3) is 0 Å². The Morgan fingerprint density at radius 1 is 0.720 bits per heavy atom. The van der Waals surface area contributed by atoms with Crippen molar-refractivity contribution >= 4 is 24.2 Å². The van der Waals surface area contributed by atoms with Crippen LogP contribution in [0.15, 0.2) is 66.7 Å². The van der Waals surface area contributed by atoms with Crippen LogP contribution in [0.3, 0.4) is 0 Å². The average Bonchev–Trinajstić information content (AvgIpc) is 2.66. The Hall–Kier alpha value is -2.57. The van der Waals surface area contributed by atoms with Gasteiger partial charge in [0, 0.05) is 11.1 Å². The van der Waals surface area contributed by atoms with Crippen LogP contribution >= 0.6 is 7.80 Å². The summed E-state index contributed by atoms with van der Waals surface area (Å²) >= 11 is 0. The van der Waals surface area contributed by atoms with Crippen LogP contribution in [0.2, 0.25) is 0 Å². The highest BCUT2D eigenvalue weighted by atomic mass is 31.1. The van der Waals surface area contributed by atoms with Crippen LogP contribution in [0.4, 0.5) is 0 Å². The molecule has 0 spiro atoms. The fourth-order valence-corrected chi connectivity index (χ4v) is 3.98. The normalized spacial score (nSPS) is 11.2. The minimum atomic E-state index is -1.63. The first-order valence-electron chi connectivity index (χ1n) is 8.23. The van der Waals surface area contributed by atoms with E-state index in [2.05, 4.69) is 0 Å². The number of hydrogen-bond donors (Lipinski definition) is 0. The third kappa shape index (κ3) is 3.45. The van der Waals surface area contributed by atoms with Crippen molar-refractivity contribution in [2.24, 2.45) is 0 Å². The highest BCUT2D eigenvalue weighted by molar-refractivity contribution is 7.61. The fraction of sp³-hybridized carbons (Fsp3) is 0.136. The van der Waals surface area contributed by atoms with Gasteiger partial charge in [-0.3, -0.25) is 4.79 Å². The number of aryl methyl sites for hydroxylation is 1. The number of hydrogen-bond acceptors (Lipinski definition) is 2. The molecular formula is C22H20O2P+. The number of benzene rings is 3. The molecule has 0 heterocycles. The molecule has 0 aliphatic rings. The quantitative estimate of drug-likeness (QED) is 0.510. The van der Waals surface area contributed by atoms with Crippen molar-refractivity contribution in [1.29, 1.82) is 0 Å². The summed E-state index contributed by atoms with van der Waals surface area (Å²) in [7, 11) is -1.63. The van der Waals surface area contributed by atoms with Crippen molar-refractivity contribution in [3.05, 3.63) is 94.5 Å². The standard InChI is InChI=1S/C22H20O2P/c1-15-9-14-21(17(3)16(15)2)22(23)18-10-12-20(13-11-18)25(24)19-7-5-4-6-8-19/h4-14H,1-3H3/q+1. The highest BCUT2D eigenvalue weighted by Crippen LogP contribution is 2.22. The summed E-state index contributed by atoms with van der Waals surface area (Å²) in [5.74, 6) is 0.00193. The van der Waals surface area contributed by atoms with E-state index >= 15 is 0 Å². The summed E-state index contributed by atoms with van der Waals surface area (Å²) in [4.78, 5) is 12.8. The van der Waals surface area contributed by atoms with Gasteiger partial charge in [-0.15, -0.1) is 0 Å². The number of rotatable bonds is 4. The van der Waals surface area contributed by atoms with Gasteiger partial charge >= 0.3 is 7.80 Å². The lowest BCUT2D eigenvalue weighted by Gasteiger charge is -2.10. The van der Waals surface area contributed by atoms with E-state index in [1.54, 1.807) is 24.3 Å². The molecule has 0 aromatic heterocycles. The zero-order valence-electron chi connectivity index (χ0n) is 14.6. The Bertz CT molecular complexity index is 942. The fourth-order valence-electron chi connectivity index (χ4n) is 2.82. The SMILES string of the molecule is Cc1ccc(C(=O)c2ccc([P+](=O)c3ccccc3)cc2)c(C)c1C. The molecule has 3 aromatic rings. The Labute approximate surface area is 149 Å². The lowest BCUT2D eigenvalue weighted by molar-refractivity contribution is 0.103. The summed E-state index contributed by atoms with van der Waals surface area (Å²) < 4.78 is 12.6. The topological polar surface area (TPSA) is 34.1 Å². The van der Waals surface area contributed by atoms with E-state index in [0.29, 0.717) is 5.56 Å². The summed E-state index contributed by atoms with van der Waals surface area (Å²) in [6.45, 7) is 6.07. The maximum Gasteiger partial charge on any atom is 0.415 e. The van der Waals surface area contributed by atoms with E-state index in [1.165, 1.54) is 5.56 Å². The van der Waals surface area contributed by atoms with Gasteiger partial charge in [-0.2, -0.15) is 0 Å². The predicted octanol–water partition coefficient (Wildman–Crippen LogP) is 4.62. The molecule has 0 fully saturated rings. The van der Waals surface area contributed by atoms with Crippen LogP contribution in [0, 0.1) is 20.8 Å². The van der Waals surface area contributed by atoms with E-state index in [-0.39, 0.29) is 5.78 Å². The number of carbonyl (C=O) groups excluding carboxylic acids is 1. The molecule has 25 heavy (non-hydrogen) atoms. The molecule has 0 N–H and O–H groups in total. The van der Waals surface area contributed by atoms with Gasteiger partial charge in [-0.05, 0) is 73.9 Å². The van der Waals surface area contributed by atoms with E-state index in [9.17, 15) is 9.36 Å². The van der Waals surface area contributed by atoms with E-state index in [1.807, 2.05) is 63.2 Å². The zero-order chi connectivity index (χ0) is 18.0. The van der Waals surface area contributed by atoms with E-state index in [0.717, 1.165) is 27.3 Å². The molecule has 2 nitrogen and oxygen atoms in total. The zero-order valence-corrected chi connectivity index (χ0v) is 15.5. The first-order chi connectivity index (χ1) is 12.0. The number of ketones is 1. The molecule has 0 radical (unpaired) electrons. The minimum Gasteiger partial charge on any atom is -0.289 e. The van der Waals surface area contributed by atoms with Gasteiger partial charge in [0.25, 0.3) is 0 Å². The van der Waals surface area contributed by atoms with Crippen molar-refractivity contribution in [1.82, 2.24) is 0 Å². The van der Waals surface area contributed by atoms with Gasteiger partial charge in [0.2, 0.25) is 0 Å². The molecular weight excluding hydrogens is 327 g/mol. The minimum absolute atomic E-state index is 0.00193. The summed E-state index contributed by atoms with van der Waals surface area (Å²) in [5, 5.41) is 1.52.